The van der Waals surface area contributed by atoms with Gasteiger partial charge in [-0.2, -0.15) is 0 Å². The maximum absolute atomic E-state index is 13.4. The third-order valence-electron chi connectivity index (χ3n) is 7.92. The summed E-state index contributed by atoms with van der Waals surface area (Å²) in [5.41, 5.74) is 4.68. The fourth-order valence-electron chi connectivity index (χ4n) is 5.54. The number of piperazine rings is 1. The normalized spacial score (nSPS) is 16.7. The molecule has 2 aliphatic heterocycles. The van der Waals surface area contributed by atoms with Crippen LogP contribution in [0.25, 0.3) is 11.1 Å². The maximum atomic E-state index is 13.4. The van der Waals surface area contributed by atoms with Crippen molar-refractivity contribution in [2.45, 2.75) is 19.1 Å². The highest BCUT2D eigenvalue weighted by atomic mass is 16.5. The van der Waals surface area contributed by atoms with Crippen LogP contribution < -0.4 is 19.9 Å². The number of anilines is 3. The average molecular weight is 569 g/mol. The molecule has 11 heteroatoms. The topological polar surface area (TPSA) is 133 Å². The summed E-state index contributed by atoms with van der Waals surface area (Å²) in [5.74, 6) is -0.127. The second-order valence-electron chi connectivity index (χ2n) is 10.6. The molecular weight excluding hydrogens is 536 g/mol. The van der Waals surface area contributed by atoms with Crippen molar-refractivity contribution in [2.24, 2.45) is 7.05 Å². The van der Waals surface area contributed by atoms with Gasteiger partial charge in [0.25, 0.3) is 11.7 Å². The third kappa shape index (κ3) is 5.08. The van der Waals surface area contributed by atoms with Crippen LogP contribution in [0.15, 0.2) is 67.0 Å². The second-order valence-corrected chi connectivity index (χ2v) is 10.6. The Labute approximate surface area is 243 Å². The highest BCUT2D eigenvalue weighted by molar-refractivity contribution is 6.47. The molecule has 2 aromatic carbocycles. The number of hydrogen-bond acceptors (Lipinski definition) is 9. The molecule has 11 nitrogen and oxygen atoms in total. The number of nitrogens with zero attached hydrogens (tertiary/aromatic N) is 5. The Morgan fingerprint density at radius 1 is 1.10 bits per heavy atom. The summed E-state index contributed by atoms with van der Waals surface area (Å²) < 4.78 is 7.85. The van der Waals surface area contributed by atoms with Gasteiger partial charge in [-0.25, -0.2) is 9.97 Å². The van der Waals surface area contributed by atoms with Gasteiger partial charge in [0.15, 0.2) is 0 Å². The number of aliphatic hydroxyl groups is 2. The molecule has 216 valence electrons. The molecule has 2 unspecified atom stereocenters. The number of rotatable bonds is 7. The molecule has 2 aromatic heterocycles. The first kappa shape index (κ1) is 27.4. The number of ether oxygens (including phenoxy) is 1. The Morgan fingerprint density at radius 3 is 2.60 bits per heavy atom. The zero-order chi connectivity index (χ0) is 29.4. The number of aromatic nitrogens is 3. The van der Waals surface area contributed by atoms with E-state index in [9.17, 15) is 14.7 Å². The van der Waals surface area contributed by atoms with E-state index in [4.69, 9.17) is 9.84 Å². The molecule has 3 N–H and O–H groups in total. The van der Waals surface area contributed by atoms with Gasteiger partial charge >= 0.3 is 0 Å². The number of ketones is 1. The lowest BCUT2D eigenvalue weighted by atomic mass is 10.0. The van der Waals surface area contributed by atoms with Crippen LogP contribution >= 0.6 is 0 Å². The van der Waals surface area contributed by atoms with Gasteiger partial charge in [0.2, 0.25) is 5.95 Å². The Hall–Kier alpha value is -4.74. The lowest BCUT2D eigenvalue weighted by Crippen LogP contribution is -2.57. The Balaban J connectivity index is 1.14. The number of amides is 1. The average Bonchev–Trinajstić information content (AvgIpc) is 3.33. The SMILES string of the molecule is Cc1cc(-c2ccccc2)c(C(=O)C(=O)Nc2ccc3c(c2)OCC2CN(c4ncc(C(O)CO)cn4)CCN32)n1C. The highest BCUT2D eigenvalue weighted by Gasteiger charge is 2.34. The number of fused-ring (bicyclic) bond motifs is 3. The molecule has 0 aliphatic carbocycles. The lowest BCUT2D eigenvalue weighted by molar-refractivity contribution is -0.112. The first-order valence-electron chi connectivity index (χ1n) is 13.8. The van der Waals surface area contributed by atoms with Gasteiger partial charge < -0.3 is 34.6 Å². The van der Waals surface area contributed by atoms with E-state index in [2.05, 4.69) is 25.1 Å². The highest BCUT2D eigenvalue weighted by Crippen LogP contribution is 2.38. The van der Waals surface area contributed by atoms with E-state index in [1.807, 2.05) is 49.4 Å². The largest absolute Gasteiger partial charge is 0.489 e. The number of nitrogens with one attached hydrogen (secondary N) is 1. The van der Waals surface area contributed by atoms with Gasteiger partial charge in [-0.05, 0) is 30.7 Å². The minimum Gasteiger partial charge on any atom is -0.489 e. The van der Waals surface area contributed by atoms with E-state index >= 15 is 0 Å². The van der Waals surface area contributed by atoms with Crippen molar-refractivity contribution < 1.29 is 24.5 Å². The molecule has 4 heterocycles. The summed E-state index contributed by atoms with van der Waals surface area (Å²) in [4.78, 5) is 39.6. The van der Waals surface area contributed by atoms with Crippen LogP contribution in [0.3, 0.4) is 0 Å². The number of Topliss-reactive ketones (excluding diaryl/α,β-unsaturated/α-hetero) is 1. The molecule has 6 rings (SSSR count). The van der Waals surface area contributed by atoms with Gasteiger partial charge in [0.05, 0.1) is 18.3 Å². The number of aliphatic hydroxyl groups excluding tert-OH is 2. The van der Waals surface area contributed by atoms with Crippen molar-refractivity contribution in [2.75, 3.05) is 48.0 Å². The van der Waals surface area contributed by atoms with Gasteiger partial charge in [0, 0.05) is 67.7 Å². The summed E-state index contributed by atoms with van der Waals surface area (Å²) in [6.45, 7) is 4.00. The van der Waals surface area contributed by atoms with E-state index in [0.29, 0.717) is 54.9 Å². The number of carbonyl (C=O) groups excluding carboxylic acids is 2. The van der Waals surface area contributed by atoms with E-state index in [1.54, 1.807) is 23.7 Å². The van der Waals surface area contributed by atoms with Gasteiger partial charge in [0.1, 0.15) is 24.2 Å². The molecule has 0 radical (unpaired) electrons. The zero-order valence-electron chi connectivity index (χ0n) is 23.4. The predicted octanol–water partition coefficient (Wildman–Crippen LogP) is 2.73. The number of carbonyl (C=O) groups is 2. The number of hydrogen-bond donors (Lipinski definition) is 3. The van der Waals surface area contributed by atoms with Crippen LogP contribution in [-0.2, 0) is 11.8 Å². The second kappa shape index (κ2) is 11.3. The molecule has 0 bridgehead atoms. The smallest absolute Gasteiger partial charge is 0.298 e. The van der Waals surface area contributed by atoms with Crippen LogP contribution in [-0.4, -0.2) is 75.3 Å². The Bertz CT molecular complexity index is 1620. The fourth-order valence-corrected chi connectivity index (χ4v) is 5.54. The van der Waals surface area contributed by atoms with Crippen molar-refractivity contribution in [3.05, 3.63) is 83.9 Å². The maximum Gasteiger partial charge on any atom is 0.298 e. The summed E-state index contributed by atoms with van der Waals surface area (Å²) in [6, 6.07) is 17.0. The molecular formula is C31H32N6O5. The van der Waals surface area contributed by atoms with Crippen LogP contribution in [0.5, 0.6) is 5.75 Å². The monoisotopic (exact) mass is 568 g/mol. The quantitative estimate of drug-likeness (QED) is 0.227. The standard InChI is InChI=1S/C31H32N6O5/c1-19-12-24(20-6-4-3-5-7-20)28(35(19)2)29(40)30(41)34-22-8-9-25-27(13-22)42-18-23-16-36(10-11-37(23)25)31-32-14-21(15-33-31)26(39)17-38/h3-9,12-15,23,26,38-39H,10-11,16-18H2,1-2H3,(H,34,41). The van der Waals surface area contributed by atoms with Crippen molar-refractivity contribution in [1.82, 2.24) is 14.5 Å². The van der Waals surface area contributed by atoms with Crippen LogP contribution in [0.4, 0.5) is 17.3 Å². The first-order chi connectivity index (χ1) is 20.3. The Morgan fingerprint density at radius 2 is 1.86 bits per heavy atom. The van der Waals surface area contributed by atoms with E-state index < -0.39 is 17.8 Å². The van der Waals surface area contributed by atoms with Crippen molar-refractivity contribution in [3.63, 3.8) is 0 Å². The molecule has 2 aliphatic rings. The number of aryl methyl sites for hydroxylation is 1. The van der Waals surface area contributed by atoms with Crippen LogP contribution in [0.1, 0.15) is 27.8 Å². The molecule has 1 fully saturated rings. The Kier molecular flexibility index (Phi) is 7.36. The number of benzene rings is 2. The van der Waals surface area contributed by atoms with Gasteiger partial charge in [-0.1, -0.05) is 30.3 Å². The molecule has 0 saturated carbocycles. The molecule has 2 atom stereocenters. The third-order valence-corrected chi connectivity index (χ3v) is 7.92. The predicted molar refractivity (Wildman–Crippen MR) is 158 cm³/mol. The van der Waals surface area contributed by atoms with Crippen molar-refractivity contribution in [3.8, 4) is 16.9 Å². The summed E-state index contributed by atoms with van der Waals surface area (Å²) >= 11 is 0. The van der Waals surface area contributed by atoms with Crippen molar-refractivity contribution >= 4 is 29.0 Å². The molecule has 4 aromatic rings. The summed E-state index contributed by atoms with van der Waals surface area (Å²) in [6.07, 6.45) is 2.06. The zero-order valence-corrected chi connectivity index (χ0v) is 23.4. The van der Waals surface area contributed by atoms with E-state index in [0.717, 1.165) is 22.5 Å². The summed E-state index contributed by atoms with van der Waals surface area (Å²) in [7, 11) is 1.79. The first-order valence-corrected chi connectivity index (χ1v) is 13.8. The summed E-state index contributed by atoms with van der Waals surface area (Å²) in [5, 5.41) is 21.7. The van der Waals surface area contributed by atoms with Crippen LogP contribution in [0, 0.1) is 6.92 Å². The van der Waals surface area contributed by atoms with Gasteiger partial charge in [-0.3, -0.25) is 9.59 Å². The molecule has 1 saturated heterocycles. The fraction of sp³-hybridized carbons (Fsp3) is 0.290. The minimum atomic E-state index is -0.999. The van der Waals surface area contributed by atoms with Gasteiger partial charge in [-0.15, -0.1) is 0 Å². The molecule has 1 amide bonds. The van der Waals surface area contributed by atoms with Crippen LogP contribution in [0.2, 0.25) is 0 Å². The van der Waals surface area contributed by atoms with Crippen molar-refractivity contribution in [1.29, 1.82) is 0 Å². The minimum absolute atomic E-state index is 0.0663. The molecule has 0 spiro atoms. The molecule has 42 heavy (non-hydrogen) atoms. The lowest BCUT2D eigenvalue weighted by Gasteiger charge is -2.45. The van der Waals surface area contributed by atoms with E-state index in [-0.39, 0.29) is 12.6 Å². The van der Waals surface area contributed by atoms with E-state index in [1.165, 1.54) is 12.4 Å².